The molecule has 0 amide bonds. The largest absolute Gasteiger partial charge is 0.439 e. The molecule has 19 heavy (non-hydrogen) atoms. The highest BCUT2D eigenvalue weighted by molar-refractivity contribution is 6.31. The van der Waals surface area contributed by atoms with E-state index in [1.807, 2.05) is 37.3 Å². The zero-order valence-electron chi connectivity index (χ0n) is 11.1. The van der Waals surface area contributed by atoms with E-state index in [0.717, 1.165) is 28.3 Å². The molecule has 1 aromatic heterocycles. The summed E-state index contributed by atoms with van der Waals surface area (Å²) in [6.07, 6.45) is 2.56. The Kier molecular flexibility index (Phi) is 4.40. The molecule has 0 unspecified atom stereocenters. The Labute approximate surface area is 118 Å². The first-order valence-electron chi connectivity index (χ1n) is 6.28. The smallest absolute Gasteiger partial charge is 0.219 e. The second kappa shape index (κ2) is 6.04. The Morgan fingerprint density at radius 1 is 1.32 bits per heavy atom. The van der Waals surface area contributed by atoms with Crippen LogP contribution >= 0.6 is 11.6 Å². The second-order valence-electron chi connectivity index (χ2n) is 4.42. The third-order valence-electron chi connectivity index (χ3n) is 2.91. The first kappa shape index (κ1) is 13.8. The highest BCUT2D eigenvalue weighted by atomic mass is 35.5. The molecule has 2 rings (SSSR count). The van der Waals surface area contributed by atoms with Crippen molar-refractivity contribution in [1.82, 2.24) is 4.98 Å². The topological polar surface area (TPSA) is 48.1 Å². The molecule has 0 saturated heterocycles. The molecule has 0 spiro atoms. The van der Waals surface area contributed by atoms with E-state index in [4.69, 9.17) is 22.1 Å². The lowest BCUT2D eigenvalue weighted by Gasteiger charge is -2.10. The molecule has 0 fully saturated rings. The zero-order chi connectivity index (χ0) is 13.8. The summed E-state index contributed by atoms with van der Waals surface area (Å²) in [7, 11) is 0. The van der Waals surface area contributed by atoms with Crippen molar-refractivity contribution in [3.05, 3.63) is 52.7 Å². The molecule has 2 N–H and O–H groups in total. The summed E-state index contributed by atoms with van der Waals surface area (Å²) in [5.41, 5.74) is 7.89. The van der Waals surface area contributed by atoms with Gasteiger partial charge in [-0.25, -0.2) is 4.98 Å². The van der Waals surface area contributed by atoms with E-state index in [1.54, 1.807) is 6.20 Å². The number of benzene rings is 1. The fraction of sp³-hybridized carbons (Fsp3) is 0.267. The number of nitrogens with zero attached hydrogens (tertiary/aromatic N) is 1. The zero-order valence-corrected chi connectivity index (χ0v) is 11.8. The van der Waals surface area contributed by atoms with Gasteiger partial charge < -0.3 is 10.5 Å². The Balaban J connectivity index is 2.23. The van der Waals surface area contributed by atoms with Crippen molar-refractivity contribution in [3.63, 3.8) is 0 Å². The van der Waals surface area contributed by atoms with Crippen LogP contribution in [0.25, 0.3) is 0 Å². The first-order chi connectivity index (χ1) is 9.10. The number of halogens is 1. The molecule has 0 aliphatic heterocycles. The summed E-state index contributed by atoms with van der Waals surface area (Å²) in [5, 5.41) is 0.757. The first-order valence-corrected chi connectivity index (χ1v) is 6.65. The Morgan fingerprint density at radius 3 is 2.79 bits per heavy atom. The third-order valence-corrected chi connectivity index (χ3v) is 3.27. The van der Waals surface area contributed by atoms with E-state index in [2.05, 4.69) is 11.9 Å². The number of pyridine rings is 1. The summed E-state index contributed by atoms with van der Waals surface area (Å²) in [6.45, 7) is 3.98. The Bertz CT molecular complexity index is 570. The molecular weight excluding hydrogens is 260 g/mol. The SMILES string of the molecule is CCc1cc(Oc2cc([C@@H](C)N)ccn2)ccc1Cl. The van der Waals surface area contributed by atoms with Crippen molar-refractivity contribution in [2.75, 3.05) is 0 Å². The number of ether oxygens (including phenoxy) is 1. The molecule has 0 radical (unpaired) electrons. The number of hydrogen-bond donors (Lipinski definition) is 1. The van der Waals surface area contributed by atoms with Gasteiger partial charge in [0.15, 0.2) is 0 Å². The van der Waals surface area contributed by atoms with Gasteiger partial charge in [0.2, 0.25) is 5.88 Å². The van der Waals surface area contributed by atoms with E-state index in [9.17, 15) is 0 Å². The van der Waals surface area contributed by atoms with Gasteiger partial charge in [0.05, 0.1) is 0 Å². The van der Waals surface area contributed by atoms with Crippen LogP contribution in [-0.2, 0) is 6.42 Å². The van der Waals surface area contributed by atoms with E-state index in [1.165, 1.54) is 0 Å². The van der Waals surface area contributed by atoms with Gasteiger partial charge in [0, 0.05) is 23.3 Å². The number of hydrogen-bond acceptors (Lipinski definition) is 3. The molecule has 0 aliphatic rings. The molecule has 0 saturated carbocycles. The predicted molar refractivity (Wildman–Crippen MR) is 77.7 cm³/mol. The van der Waals surface area contributed by atoms with Crippen molar-refractivity contribution >= 4 is 11.6 Å². The molecular formula is C15H17ClN2O. The van der Waals surface area contributed by atoms with E-state index < -0.39 is 0 Å². The van der Waals surface area contributed by atoms with Crippen molar-refractivity contribution in [1.29, 1.82) is 0 Å². The van der Waals surface area contributed by atoms with Crippen LogP contribution in [-0.4, -0.2) is 4.98 Å². The maximum atomic E-state index is 6.08. The van der Waals surface area contributed by atoms with Crippen LogP contribution in [0.3, 0.4) is 0 Å². The fourth-order valence-corrected chi connectivity index (χ4v) is 2.02. The minimum atomic E-state index is -0.0400. The van der Waals surface area contributed by atoms with Gasteiger partial charge in [-0.2, -0.15) is 0 Å². The molecule has 1 heterocycles. The highest BCUT2D eigenvalue weighted by Gasteiger charge is 2.05. The van der Waals surface area contributed by atoms with Gasteiger partial charge >= 0.3 is 0 Å². The van der Waals surface area contributed by atoms with Crippen LogP contribution in [0.5, 0.6) is 11.6 Å². The lowest BCUT2D eigenvalue weighted by Crippen LogP contribution is -2.05. The second-order valence-corrected chi connectivity index (χ2v) is 4.83. The van der Waals surface area contributed by atoms with Crippen LogP contribution in [0, 0.1) is 0 Å². The number of rotatable bonds is 4. The van der Waals surface area contributed by atoms with Gasteiger partial charge in [0.25, 0.3) is 0 Å². The fourth-order valence-electron chi connectivity index (χ4n) is 1.77. The van der Waals surface area contributed by atoms with E-state index in [-0.39, 0.29) is 6.04 Å². The van der Waals surface area contributed by atoms with Crippen LogP contribution in [0.1, 0.15) is 31.0 Å². The van der Waals surface area contributed by atoms with Gasteiger partial charge in [-0.05, 0) is 48.7 Å². The molecule has 0 aliphatic carbocycles. The van der Waals surface area contributed by atoms with Crippen LogP contribution in [0.15, 0.2) is 36.5 Å². The summed E-state index contributed by atoms with van der Waals surface area (Å²) >= 11 is 6.08. The van der Waals surface area contributed by atoms with E-state index >= 15 is 0 Å². The third kappa shape index (κ3) is 3.46. The van der Waals surface area contributed by atoms with Crippen molar-refractivity contribution in [2.24, 2.45) is 5.73 Å². The van der Waals surface area contributed by atoms with Crippen LogP contribution in [0.2, 0.25) is 5.02 Å². The van der Waals surface area contributed by atoms with Gasteiger partial charge in [-0.1, -0.05) is 18.5 Å². The number of aryl methyl sites for hydroxylation is 1. The predicted octanol–water partition coefficient (Wildman–Crippen LogP) is 4.11. The van der Waals surface area contributed by atoms with Gasteiger partial charge in [-0.3, -0.25) is 0 Å². The van der Waals surface area contributed by atoms with Crippen LogP contribution in [0.4, 0.5) is 0 Å². The molecule has 2 aromatic rings. The van der Waals surface area contributed by atoms with E-state index in [0.29, 0.717) is 5.88 Å². The van der Waals surface area contributed by atoms with Crippen molar-refractivity contribution in [2.45, 2.75) is 26.3 Å². The number of aromatic nitrogens is 1. The molecule has 4 heteroatoms. The molecule has 3 nitrogen and oxygen atoms in total. The Hall–Kier alpha value is -1.58. The summed E-state index contributed by atoms with van der Waals surface area (Å²) < 4.78 is 5.74. The maximum Gasteiger partial charge on any atom is 0.219 e. The van der Waals surface area contributed by atoms with Gasteiger partial charge in [0.1, 0.15) is 5.75 Å². The van der Waals surface area contributed by atoms with Crippen molar-refractivity contribution in [3.8, 4) is 11.6 Å². The summed E-state index contributed by atoms with van der Waals surface area (Å²) in [6, 6.07) is 9.30. The lowest BCUT2D eigenvalue weighted by atomic mass is 10.1. The maximum absolute atomic E-state index is 6.08. The normalized spacial score (nSPS) is 12.2. The molecule has 1 atom stereocenters. The summed E-state index contributed by atoms with van der Waals surface area (Å²) in [5.74, 6) is 1.27. The Morgan fingerprint density at radius 2 is 2.11 bits per heavy atom. The van der Waals surface area contributed by atoms with Gasteiger partial charge in [-0.15, -0.1) is 0 Å². The highest BCUT2D eigenvalue weighted by Crippen LogP contribution is 2.26. The standard InChI is InChI=1S/C15H17ClN2O/c1-3-11-8-13(4-5-14(11)16)19-15-9-12(10(2)17)6-7-18-15/h4-10H,3,17H2,1-2H3/t10-/m1/s1. The lowest BCUT2D eigenvalue weighted by molar-refractivity contribution is 0.461. The average Bonchev–Trinajstić information content (AvgIpc) is 2.41. The minimum absolute atomic E-state index is 0.0400. The quantitative estimate of drug-likeness (QED) is 0.914. The molecule has 0 bridgehead atoms. The van der Waals surface area contributed by atoms with Crippen molar-refractivity contribution < 1.29 is 4.74 Å². The average molecular weight is 277 g/mol. The minimum Gasteiger partial charge on any atom is -0.439 e. The molecule has 1 aromatic carbocycles. The molecule has 100 valence electrons. The monoisotopic (exact) mass is 276 g/mol. The summed E-state index contributed by atoms with van der Waals surface area (Å²) in [4.78, 5) is 4.18. The number of nitrogens with two attached hydrogens (primary N) is 1. The van der Waals surface area contributed by atoms with Crippen LogP contribution < -0.4 is 10.5 Å².